The van der Waals surface area contributed by atoms with Crippen molar-refractivity contribution in [2.24, 2.45) is 17.6 Å². The summed E-state index contributed by atoms with van der Waals surface area (Å²) in [7, 11) is 0. The lowest BCUT2D eigenvalue weighted by Crippen LogP contribution is -2.23. The van der Waals surface area contributed by atoms with Crippen molar-refractivity contribution in [2.75, 3.05) is 19.1 Å². The van der Waals surface area contributed by atoms with E-state index in [9.17, 15) is 4.79 Å². The minimum Gasteiger partial charge on any atom is -0.480 e. The Morgan fingerprint density at radius 3 is 2.38 bits per heavy atom. The van der Waals surface area contributed by atoms with E-state index in [-0.39, 0.29) is 6.61 Å². The second kappa shape index (κ2) is 11.7. The van der Waals surface area contributed by atoms with Gasteiger partial charge in [-0.15, -0.1) is 0 Å². The lowest BCUT2D eigenvalue weighted by molar-refractivity contribution is -0.142. The van der Waals surface area contributed by atoms with Crippen LogP contribution in [0.15, 0.2) is 59.6 Å². The molecule has 1 aliphatic rings. The molecule has 1 aromatic heterocycles. The zero-order valence-electron chi connectivity index (χ0n) is 19.7. The van der Waals surface area contributed by atoms with Crippen LogP contribution in [0.25, 0.3) is 22.4 Å². The van der Waals surface area contributed by atoms with E-state index < -0.39 is 5.97 Å². The third-order valence-corrected chi connectivity index (χ3v) is 7.34. The van der Waals surface area contributed by atoms with Crippen LogP contribution in [0.4, 0.5) is 0 Å². The van der Waals surface area contributed by atoms with E-state index >= 15 is 0 Å². The number of benzene rings is 2. The Bertz CT molecular complexity index is 1070. The predicted octanol–water partition coefficient (Wildman–Crippen LogP) is 5.44. The summed E-state index contributed by atoms with van der Waals surface area (Å²) in [6.45, 7) is 3.28. The van der Waals surface area contributed by atoms with E-state index in [2.05, 4.69) is 60.1 Å². The summed E-state index contributed by atoms with van der Waals surface area (Å²) in [5.41, 5.74) is 11.7. The number of carbonyl (C=O) groups is 1. The zero-order chi connectivity index (χ0) is 23.9. The molecule has 7 heteroatoms. The predicted molar refractivity (Wildman–Crippen MR) is 137 cm³/mol. The van der Waals surface area contributed by atoms with Gasteiger partial charge in [-0.2, -0.15) is 5.10 Å². The Morgan fingerprint density at radius 2 is 1.74 bits per heavy atom. The van der Waals surface area contributed by atoms with Crippen molar-refractivity contribution in [1.29, 1.82) is 0 Å². The molecule has 34 heavy (non-hydrogen) atoms. The molecule has 0 amide bonds. The lowest BCUT2D eigenvalue weighted by Gasteiger charge is -2.28. The first-order valence-electron chi connectivity index (χ1n) is 11.9. The number of aromatic nitrogens is 2. The molecule has 1 saturated carbocycles. The third kappa shape index (κ3) is 6.09. The Labute approximate surface area is 205 Å². The van der Waals surface area contributed by atoms with Gasteiger partial charge in [-0.1, -0.05) is 71.9 Å². The summed E-state index contributed by atoms with van der Waals surface area (Å²) in [5.74, 6) is 0.555. The molecular weight excluding hydrogens is 446 g/mol. The number of hydrogen-bond acceptors (Lipinski definition) is 5. The van der Waals surface area contributed by atoms with E-state index in [0.29, 0.717) is 24.3 Å². The minimum atomic E-state index is -0.907. The highest BCUT2D eigenvalue weighted by atomic mass is 32.2. The van der Waals surface area contributed by atoms with Crippen molar-refractivity contribution < 1.29 is 14.6 Å². The number of carboxylic acid groups (broad SMARTS) is 1. The van der Waals surface area contributed by atoms with Crippen LogP contribution in [0.2, 0.25) is 0 Å². The summed E-state index contributed by atoms with van der Waals surface area (Å²) in [4.78, 5) is 10.7. The van der Waals surface area contributed by atoms with Crippen LogP contribution in [-0.4, -0.2) is 39.9 Å². The number of carboxylic acids is 1. The molecule has 4 rings (SSSR count). The standard InChI is InChI=1S/C27H33N3O3S/c1-19-7-13-23(14-8-19)26-25(22-5-3-2-4-6-22)27(34-18-28)30(29-26)15-20-9-11-21(12-10-20)16-33-17-24(31)32/h2-8,13-14,20-21H,9-12,15-18,28H2,1H3,(H,31,32)/t20-,21+. The van der Waals surface area contributed by atoms with E-state index in [1.807, 2.05) is 6.07 Å². The molecule has 0 aliphatic heterocycles. The van der Waals surface area contributed by atoms with E-state index in [1.165, 1.54) is 5.56 Å². The van der Waals surface area contributed by atoms with Gasteiger partial charge in [-0.05, 0) is 50.0 Å². The van der Waals surface area contributed by atoms with Crippen LogP contribution >= 0.6 is 11.8 Å². The van der Waals surface area contributed by atoms with Crippen LogP contribution in [0.5, 0.6) is 0 Å². The molecule has 1 aliphatic carbocycles. The highest BCUT2D eigenvalue weighted by Crippen LogP contribution is 2.40. The number of nitrogens with two attached hydrogens (primary N) is 1. The highest BCUT2D eigenvalue weighted by Gasteiger charge is 2.26. The summed E-state index contributed by atoms with van der Waals surface area (Å²) in [5, 5.41) is 15.0. The normalized spacial score (nSPS) is 18.2. The summed E-state index contributed by atoms with van der Waals surface area (Å²) in [6, 6.07) is 19.0. The van der Waals surface area contributed by atoms with Crippen molar-refractivity contribution in [3.63, 3.8) is 0 Å². The van der Waals surface area contributed by atoms with Gasteiger partial charge in [0, 0.05) is 23.5 Å². The molecule has 6 nitrogen and oxygen atoms in total. The first-order chi connectivity index (χ1) is 16.5. The molecule has 0 spiro atoms. The van der Waals surface area contributed by atoms with Gasteiger partial charge in [0.1, 0.15) is 17.3 Å². The van der Waals surface area contributed by atoms with Gasteiger partial charge in [0.2, 0.25) is 0 Å². The molecule has 0 unspecified atom stereocenters. The number of aryl methyl sites for hydroxylation is 1. The number of rotatable bonds is 10. The van der Waals surface area contributed by atoms with Gasteiger partial charge in [0.05, 0.1) is 6.61 Å². The van der Waals surface area contributed by atoms with E-state index in [0.717, 1.165) is 59.6 Å². The molecule has 1 heterocycles. The maximum Gasteiger partial charge on any atom is 0.329 e. The highest BCUT2D eigenvalue weighted by molar-refractivity contribution is 7.99. The Kier molecular flexibility index (Phi) is 8.43. The van der Waals surface area contributed by atoms with Gasteiger partial charge < -0.3 is 15.6 Å². The first-order valence-corrected chi connectivity index (χ1v) is 12.9. The molecule has 180 valence electrons. The molecule has 3 N–H and O–H groups in total. The first kappa shape index (κ1) is 24.5. The zero-order valence-corrected chi connectivity index (χ0v) is 20.5. The number of nitrogens with zero attached hydrogens (tertiary/aromatic N) is 2. The van der Waals surface area contributed by atoms with E-state index in [4.69, 9.17) is 20.7 Å². The minimum absolute atomic E-state index is 0.211. The molecular formula is C27H33N3O3S. The topological polar surface area (TPSA) is 90.4 Å². The maximum atomic E-state index is 10.7. The van der Waals surface area contributed by atoms with Crippen LogP contribution in [0.1, 0.15) is 31.2 Å². The average molecular weight is 480 g/mol. The Morgan fingerprint density at radius 1 is 1.06 bits per heavy atom. The van der Waals surface area contributed by atoms with Gasteiger partial charge in [-0.25, -0.2) is 4.79 Å². The molecule has 1 fully saturated rings. The van der Waals surface area contributed by atoms with Crippen LogP contribution < -0.4 is 5.73 Å². The largest absolute Gasteiger partial charge is 0.480 e. The fraction of sp³-hybridized carbons (Fsp3) is 0.407. The van der Waals surface area contributed by atoms with Crippen molar-refractivity contribution in [3.05, 3.63) is 60.2 Å². The second-order valence-electron chi connectivity index (χ2n) is 9.05. The fourth-order valence-corrected chi connectivity index (χ4v) is 5.49. The molecule has 0 bridgehead atoms. The Balaban J connectivity index is 1.58. The van der Waals surface area contributed by atoms with Crippen LogP contribution in [-0.2, 0) is 16.1 Å². The smallest absolute Gasteiger partial charge is 0.329 e. The van der Waals surface area contributed by atoms with Crippen molar-refractivity contribution >= 4 is 17.7 Å². The SMILES string of the molecule is Cc1ccc(-c2nn(C[C@H]3CC[C@@H](COCC(=O)O)CC3)c(SCN)c2-c2ccccc2)cc1. The summed E-state index contributed by atoms with van der Waals surface area (Å²) in [6.07, 6.45) is 4.30. The van der Waals surface area contributed by atoms with Crippen LogP contribution in [0.3, 0.4) is 0 Å². The van der Waals surface area contributed by atoms with E-state index in [1.54, 1.807) is 11.8 Å². The number of ether oxygens (including phenoxy) is 1. The monoisotopic (exact) mass is 479 g/mol. The number of thioether (sulfide) groups is 1. The second-order valence-corrected chi connectivity index (χ2v) is 10.1. The van der Waals surface area contributed by atoms with Gasteiger partial charge >= 0.3 is 5.97 Å². The molecule has 3 aromatic rings. The quantitative estimate of drug-likeness (QED) is 0.297. The summed E-state index contributed by atoms with van der Waals surface area (Å²) >= 11 is 1.65. The molecule has 2 aromatic carbocycles. The average Bonchev–Trinajstić information content (AvgIpc) is 3.19. The fourth-order valence-electron chi connectivity index (χ4n) is 4.71. The molecule has 0 saturated heterocycles. The van der Waals surface area contributed by atoms with Crippen LogP contribution in [0, 0.1) is 18.8 Å². The third-order valence-electron chi connectivity index (χ3n) is 6.49. The molecule has 0 radical (unpaired) electrons. The maximum absolute atomic E-state index is 10.7. The number of hydrogen-bond donors (Lipinski definition) is 2. The molecule has 0 atom stereocenters. The lowest BCUT2D eigenvalue weighted by atomic mass is 9.82. The van der Waals surface area contributed by atoms with Gasteiger partial charge in [0.25, 0.3) is 0 Å². The van der Waals surface area contributed by atoms with Gasteiger partial charge in [0.15, 0.2) is 0 Å². The van der Waals surface area contributed by atoms with Crippen molar-refractivity contribution in [1.82, 2.24) is 9.78 Å². The van der Waals surface area contributed by atoms with Gasteiger partial charge in [-0.3, -0.25) is 4.68 Å². The van der Waals surface area contributed by atoms with Crippen molar-refractivity contribution in [3.8, 4) is 22.4 Å². The number of aliphatic carboxylic acids is 1. The van der Waals surface area contributed by atoms with Crippen molar-refractivity contribution in [2.45, 2.75) is 44.2 Å². The summed E-state index contributed by atoms with van der Waals surface area (Å²) < 4.78 is 7.50. The Hall–Kier alpha value is -2.61.